The first-order valence-electron chi connectivity index (χ1n) is 6.94. The van der Waals surface area contributed by atoms with Gasteiger partial charge in [0.2, 0.25) is 0 Å². The molecule has 1 rings (SSSR count). The van der Waals surface area contributed by atoms with Crippen molar-refractivity contribution in [2.75, 3.05) is 0 Å². The number of carbonyl (C=O) groups excluding carboxylic acids is 1. The summed E-state index contributed by atoms with van der Waals surface area (Å²) in [5.74, 6) is -0.116. The van der Waals surface area contributed by atoms with Gasteiger partial charge < -0.3 is 4.57 Å². The molecule has 0 radical (unpaired) electrons. The number of ketones is 1. The number of aryl methyl sites for hydroxylation is 1. The van der Waals surface area contributed by atoms with E-state index in [1.807, 2.05) is 46.8 Å². The van der Waals surface area contributed by atoms with Crippen molar-refractivity contribution in [1.82, 2.24) is 4.57 Å². The number of hydrogen-bond donors (Lipinski definition) is 0. The van der Waals surface area contributed by atoms with E-state index in [1.54, 1.807) is 6.08 Å². The average molecular weight is 272 g/mol. The van der Waals surface area contributed by atoms with Gasteiger partial charge in [-0.05, 0) is 45.4 Å². The lowest BCUT2D eigenvalue weighted by Crippen LogP contribution is -2.21. The standard InChI is InChI=1S/C17H24N2O/c1-11(2)19-12(3)8-14(13(19)4)9-15(10-18)16(20)17(5,6)7/h8-9,11H,1-7H3/b15-9+. The number of hydrogen-bond acceptors (Lipinski definition) is 2. The molecule has 1 aromatic heterocycles. The van der Waals surface area contributed by atoms with Crippen LogP contribution >= 0.6 is 0 Å². The highest BCUT2D eigenvalue weighted by atomic mass is 16.1. The van der Waals surface area contributed by atoms with Crippen LogP contribution in [0.3, 0.4) is 0 Å². The molecule has 1 heterocycles. The zero-order valence-electron chi connectivity index (χ0n) is 13.5. The summed E-state index contributed by atoms with van der Waals surface area (Å²) in [5, 5.41) is 9.25. The van der Waals surface area contributed by atoms with Crippen LogP contribution in [-0.2, 0) is 4.79 Å². The summed E-state index contributed by atoms with van der Waals surface area (Å²) in [5.41, 5.74) is 2.87. The average Bonchev–Trinajstić information content (AvgIpc) is 2.59. The summed E-state index contributed by atoms with van der Waals surface area (Å²) >= 11 is 0. The molecular formula is C17H24N2O. The van der Waals surface area contributed by atoms with Gasteiger partial charge in [0.1, 0.15) is 6.07 Å². The van der Waals surface area contributed by atoms with Gasteiger partial charge in [0.05, 0.1) is 5.57 Å². The lowest BCUT2D eigenvalue weighted by atomic mass is 9.86. The van der Waals surface area contributed by atoms with E-state index in [2.05, 4.69) is 18.4 Å². The molecule has 0 spiro atoms. The Labute approximate surface area is 121 Å². The first-order valence-corrected chi connectivity index (χ1v) is 6.94. The highest BCUT2D eigenvalue weighted by molar-refractivity contribution is 6.06. The Kier molecular flexibility index (Phi) is 4.60. The maximum atomic E-state index is 12.2. The number of nitriles is 1. The van der Waals surface area contributed by atoms with Crippen LogP contribution in [-0.4, -0.2) is 10.4 Å². The van der Waals surface area contributed by atoms with E-state index in [0.717, 1.165) is 17.0 Å². The predicted molar refractivity (Wildman–Crippen MR) is 82.3 cm³/mol. The van der Waals surface area contributed by atoms with Crippen molar-refractivity contribution in [2.24, 2.45) is 5.41 Å². The molecule has 0 atom stereocenters. The molecule has 3 nitrogen and oxygen atoms in total. The Morgan fingerprint density at radius 1 is 1.35 bits per heavy atom. The number of nitrogens with zero attached hydrogens (tertiary/aromatic N) is 2. The third kappa shape index (κ3) is 3.19. The summed E-state index contributed by atoms with van der Waals surface area (Å²) in [6.45, 7) is 13.8. The fourth-order valence-electron chi connectivity index (χ4n) is 2.45. The first-order chi connectivity index (χ1) is 9.09. The molecule has 0 aliphatic carbocycles. The smallest absolute Gasteiger partial charge is 0.178 e. The SMILES string of the molecule is Cc1cc(/C=C(\C#N)C(=O)C(C)(C)C)c(C)n1C(C)C. The highest BCUT2D eigenvalue weighted by Crippen LogP contribution is 2.25. The topological polar surface area (TPSA) is 45.8 Å². The Balaban J connectivity index is 3.33. The lowest BCUT2D eigenvalue weighted by Gasteiger charge is -2.15. The molecule has 20 heavy (non-hydrogen) atoms. The molecule has 0 bridgehead atoms. The zero-order chi connectivity index (χ0) is 15.7. The Bertz CT molecular complexity index is 590. The van der Waals surface area contributed by atoms with Gasteiger partial charge >= 0.3 is 0 Å². The van der Waals surface area contributed by atoms with E-state index in [1.165, 1.54) is 0 Å². The molecule has 0 amide bonds. The summed E-state index contributed by atoms with van der Waals surface area (Å²) in [6, 6.07) is 4.44. The maximum absolute atomic E-state index is 12.2. The third-order valence-electron chi connectivity index (χ3n) is 3.39. The van der Waals surface area contributed by atoms with Gasteiger partial charge in [-0.25, -0.2) is 0 Å². The van der Waals surface area contributed by atoms with E-state index < -0.39 is 5.41 Å². The van der Waals surface area contributed by atoms with Crippen LogP contribution in [0, 0.1) is 30.6 Å². The summed E-state index contributed by atoms with van der Waals surface area (Å²) in [4.78, 5) is 12.2. The molecule has 0 saturated heterocycles. The van der Waals surface area contributed by atoms with E-state index in [0.29, 0.717) is 6.04 Å². The number of carbonyl (C=O) groups is 1. The molecule has 0 unspecified atom stereocenters. The second-order valence-corrected chi connectivity index (χ2v) is 6.54. The van der Waals surface area contributed by atoms with Gasteiger partial charge in [0, 0.05) is 22.8 Å². The van der Waals surface area contributed by atoms with E-state index in [-0.39, 0.29) is 11.4 Å². The van der Waals surface area contributed by atoms with Crippen molar-refractivity contribution in [2.45, 2.75) is 54.5 Å². The van der Waals surface area contributed by atoms with Crippen molar-refractivity contribution in [3.05, 3.63) is 28.6 Å². The van der Waals surface area contributed by atoms with Crippen molar-refractivity contribution in [1.29, 1.82) is 5.26 Å². The first kappa shape index (κ1) is 16.2. The fourth-order valence-corrected chi connectivity index (χ4v) is 2.45. The Morgan fingerprint density at radius 2 is 1.90 bits per heavy atom. The van der Waals surface area contributed by atoms with Gasteiger partial charge in [-0.2, -0.15) is 5.26 Å². The van der Waals surface area contributed by atoms with Crippen LogP contribution in [0.1, 0.15) is 57.6 Å². The number of rotatable bonds is 3. The Hall–Kier alpha value is -1.82. The van der Waals surface area contributed by atoms with Crippen molar-refractivity contribution in [3.8, 4) is 6.07 Å². The maximum Gasteiger partial charge on any atom is 0.178 e. The monoisotopic (exact) mass is 272 g/mol. The van der Waals surface area contributed by atoms with Gasteiger partial charge in [-0.1, -0.05) is 20.8 Å². The normalized spacial score (nSPS) is 12.7. The van der Waals surface area contributed by atoms with Gasteiger partial charge in [0.25, 0.3) is 0 Å². The van der Waals surface area contributed by atoms with Gasteiger partial charge in [-0.3, -0.25) is 4.79 Å². The minimum Gasteiger partial charge on any atom is -0.346 e. The molecule has 0 aliphatic rings. The van der Waals surface area contributed by atoms with Crippen molar-refractivity contribution < 1.29 is 4.79 Å². The zero-order valence-corrected chi connectivity index (χ0v) is 13.5. The number of allylic oxidation sites excluding steroid dienone is 1. The van der Waals surface area contributed by atoms with Crippen molar-refractivity contribution >= 4 is 11.9 Å². The highest BCUT2D eigenvalue weighted by Gasteiger charge is 2.25. The van der Waals surface area contributed by atoms with Gasteiger partial charge in [0.15, 0.2) is 5.78 Å². The molecule has 1 aromatic rings. The molecule has 0 saturated carbocycles. The van der Waals surface area contributed by atoms with E-state index in [4.69, 9.17) is 0 Å². The number of Topliss-reactive ketones (excluding diaryl/α,β-unsaturated/α-hetero) is 1. The predicted octanol–water partition coefficient (Wildman–Crippen LogP) is 4.21. The summed E-state index contributed by atoms with van der Waals surface area (Å²) < 4.78 is 2.21. The second kappa shape index (κ2) is 5.66. The quantitative estimate of drug-likeness (QED) is 0.611. The van der Waals surface area contributed by atoms with Crippen LogP contribution in [0.4, 0.5) is 0 Å². The summed E-state index contributed by atoms with van der Waals surface area (Å²) in [7, 11) is 0. The van der Waals surface area contributed by atoms with Crippen LogP contribution in [0.5, 0.6) is 0 Å². The van der Waals surface area contributed by atoms with Gasteiger partial charge in [-0.15, -0.1) is 0 Å². The summed E-state index contributed by atoms with van der Waals surface area (Å²) in [6.07, 6.45) is 1.72. The van der Waals surface area contributed by atoms with Crippen LogP contribution < -0.4 is 0 Å². The molecule has 108 valence electrons. The van der Waals surface area contributed by atoms with Crippen molar-refractivity contribution in [3.63, 3.8) is 0 Å². The van der Waals surface area contributed by atoms with Crippen LogP contribution in [0.15, 0.2) is 11.6 Å². The second-order valence-electron chi connectivity index (χ2n) is 6.54. The molecule has 0 N–H and O–H groups in total. The molecule has 0 aliphatic heterocycles. The minimum atomic E-state index is -0.537. The van der Waals surface area contributed by atoms with E-state index >= 15 is 0 Å². The molecular weight excluding hydrogens is 248 g/mol. The molecule has 0 aromatic carbocycles. The van der Waals surface area contributed by atoms with Crippen LogP contribution in [0.2, 0.25) is 0 Å². The third-order valence-corrected chi connectivity index (χ3v) is 3.39. The Morgan fingerprint density at radius 3 is 2.25 bits per heavy atom. The molecule has 3 heteroatoms. The minimum absolute atomic E-state index is 0.116. The largest absolute Gasteiger partial charge is 0.346 e. The van der Waals surface area contributed by atoms with E-state index in [9.17, 15) is 10.1 Å². The molecule has 0 fully saturated rings. The fraction of sp³-hybridized carbons (Fsp3) is 0.529. The lowest BCUT2D eigenvalue weighted by molar-refractivity contribution is -0.121. The number of aromatic nitrogens is 1. The van der Waals surface area contributed by atoms with Crippen LogP contribution in [0.25, 0.3) is 6.08 Å².